The normalized spacial score (nSPS) is 14.8. The molecule has 1 fully saturated rings. The van der Waals surface area contributed by atoms with Crippen LogP contribution in [-0.2, 0) is 11.3 Å². The van der Waals surface area contributed by atoms with Crippen LogP contribution in [0.1, 0.15) is 18.4 Å². The van der Waals surface area contributed by atoms with Gasteiger partial charge in [0.25, 0.3) is 5.91 Å². The van der Waals surface area contributed by atoms with Gasteiger partial charge in [0.15, 0.2) is 10.1 Å². The molecule has 0 spiro atoms. The highest BCUT2D eigenvalue weighted by Gasteiger charge is 2.32. The minimum Gasteiger partial charge on any atom is -0.494 e. The Morgan fingerprint density at radius 3 is 2.72 bits per heavy atom. The number of rotatable bonds is 7. The number of hydrogen-bond donors (Lipinski definition) is 1. The zero-order valence-corrected chi connectivity index (χ0v) is 18.2. The van der Waals surface area contributed by atoms with Gasteiger partial charge in [-0.15, -0.1) is 0 Å². The summed E-state index contributed by atoms with van der Waals surface area (Å²) in [6.07, 6.45) is 2.88. The maximum absolute atomic E-state index is 12.9. The Labute approximate surface area is 192 Å². The molecular weight excluding hydrogens is 458 g/mol. The Bertz CT molecular complexity index is 1230. The molecule has 0 saturated carbocycles. The second kappa shape index (κ2) is 8.81. The van der Waals surface area contributed by atoms with Crippen molar-refractivity contribution >= 4 is 52.4 Å². The topological polar surface area (TPSA) is 116 Å². The van der Waals surface area contributed by atoms with Crippen molar-refractivity contribution in [1.29, 1.82) is 0 Å². The van der Waals surface area contributed by atoms with Gasteiger partial charge in [0.2, 0.25) is 0 Å². The third-order valence-electron chi connectivity index (χ3n) is 4.44. The first kappa shape index (κ1) is 21.5. The summed E-state index contributed by atoms with van der Waals surface area (Å²) in [6, 6.07) is 10.4. The highest BCUT2D eigenvalue weighted by atomic mass is 35.5. The number of nitro groups is 1. The molecule has 0 aliphatic carbocycles. The van der Waals surface area contributed by atoms with E-state index in [1.807, 2.05) is 6.92 Å². The summed E-state index contributed by atoms with van der Waals surface area (Å²) in [5.41, 5.74) is 0.860. The lowest BCUT2D eigenvalue weighted by atomic mass is 10.2. The molecule has 4 rings (SSSR count). The molecule has 2 aromatic heterocycles. The Balaban J connectivity index is 1.49. The largest absolute Gasteiger partial charge is 0.494 e. The van der Waals surface area contributed by atoms with Crippen molar-refractivity contribution in [2.24, 2.45) is 0 Å². The highest BCUT2D eigenvalue weighted by Crippen LogP contribution is 2.26. The van der Waals surface area contributed by atoms with Crippen molar-refractivity contribution in [2.45, 2.75) is 13.5 Å². The van der Waals surface area contributed by atoms with Gasteiger partial charge < -0.3 is 24.6 Å². The van der Waals surface area contributed by atoms with E-state index in [0.29, 0.717) is 29.6 Å². The standard InChI is InChI=1S/C20H16ClN5O5S/c1-2-30-13-5-3-12(4-6-13)25-19(27)17(22-20(25)32)9-14-7-8-15(31-14)10-24-11-16(21)18(23-24)26(28)29/h3-9,11H,2,10H2,1H3,(H,22,32)/b17-9+. The van der Waals surface area contributed by atoms with Crippen LogP contribution in [0.25, 0.3) is 6.08 Å². The molecule has 1 aliphatic heterocycles. The van der Waals surface area contributed by atoms with E-state index >= 15 is 0 Å². The van der Waals surface area contributed by atoms with Gasteiger partial charge in [-0.1, -0.05) is 11.6 Å². The van der Waals surface area contributed by atoms with Gasteiger partial charge in [-0.3, -0.25) is 9.69 Å². The minimum atomic E-state index is -0.660. The number of nitrogens with zero attached hydrogens (tertiary/aromatic N) is 4. The number of ether oxygens (including phenoxy) is 1. The summed E-state index contributed by atoms with van der Waals surface area (Å²) in [4.78, 5) is 24.5. The number of aromatic nitrogens is 2. The maximum atomic E-state index is 12.9. The lowest BCUT2D eigenvalue weighted by Crippen LogP contribution is -2.30. The van der Waals surface area contributed by atoms with Gasteiger partial charge >= 0.3 is 5.82 Å². The second-order valence-corrected chi connectivity index (χ2v) is 7.41. The summed E-state index contributed by atoms with van der Waals surface area (Å²) in [5, 5.41) is 17.8. The number of anilines is 1. The quantitative estimate of drug-likeness (QED) is 0.239. The first-order valence-electron chi connectivity index (χ1n) is 9.41. The molecule has 3 heterocycles. The van der Waals surface area contributed by atoms with E-state index in [9.17, 15) is 14.9 Å². The Morgan fingerprint density at radius 2 is 2.06 bits per heavy atom. The lowest BCUT2D eigenvalue weighted by molar-refractivity contribution is -0.389. The number of furan rings is 1. The van der Waals surface area contributed by atoms with Gasteiger partial charge in [-0.2, -0.15) is 4.68 Å². The minimum absolute atomic E-state index is 0.0625. The van der Waals surface area contributed by atoms with E-state index in [-0.39, 0.29) is 28.3 Å². The Morgan fingerprint density at radius 1 is 1.31 bits per heavy atom. The van der Waals surface area contributed by atoms with Crippen LogP contribution in [0.2, 0.25) is 5.02 Å². The molecule has 0 bridgehead atoms. The molecule has 1 aliphatic rings. The number of benzene rings is 1. The molecule has 3 aromatic rings. The number of hydrogen-bond acceptors (Lipinski definition) is 7. The first-order chi connectivity index (χ1) is 15.4. The summed E-state index contributed by atoms with van der Waals surface area (Å²) in [5.74, 6) is 0.822. The second-order valence-electron chi connectivity index (χ2n) is 6.62. The highest BCUT2D eigenvalue weighted by molar-refractivity contribution is 7.80. The maximum Gasteiger partial charge on any atom is 0.408 e. The molecule has 0 atom stereocenters. The monoisotopic (exact) mass is 473 g/mol. The van der Waals surface area contributed by atoms with Crippen LogP contribution in [0.5, 0.6) is 5.75 Å². The van der Waals surface area contributed by atoms with Gasteiger partial charge in [-0.25, -0.2) is 0 Å². The van der Waals surface area contributed by atoms with E-state index in [1.165, 1.54) is 21.9 Å². The van der Waals surface area contributed by atoms with E-state index in [1.54, 1.807) is 36.4 Å². The molecule has 12 heteroatoms. The smallest absolute Gasteiger partial charge is 0.408 e. The average Bonchev–Trinajstić information content (AvgIpc) is 3.42. The third kappa shape index (κ3) is 4.34. The van der Waals surface area contributed by atoms with Crippen LogP contribution in [0.3, 0.4) is 0 Å². The van der Waals surface area contributed by atoms with E-state index in [2.05, 4.69) is 10.4 Å². The lowest BCUT2D eigenvalue weighted by Gasteiger charge is -2.14. The van der Waals surface area contributed by atoms with Crippen molar-refractivity contribution in [1.82, 2.24) is 15.1 Å². The predicted molar refractivity (Wildman–Crippen MR) is 121 cm³/mol. The summed E-state index contributed by atoms with van der Waals surface area (Å²) < 4.78 is 12.4. The SMILES string of the molecule is CCOc1ccc(N2C(=O)/C(=C\c3ccc(Cn4cc(Cl)c([N+](=O)[O-])n4)o3)NC2=S)cc1. The summed E-state index contributed by atoms with van der Waals surface area (Å²) in [6.45, 7) is 2.57. The van der Waals surface area contributed by atoms with Crippen LogP contribution in [-0.4, -0.2) is 32.3 Å². The summed E-state index contributed by atoms with van der Waals surface area (Å²) in [7, 11) is 0. The van der Waals surface area contributed by atoms with Gasteiger partial charge in [0, 0.05) is 6.08 Å². The number of halogens is 1. The van der Waals surface area contributed by atoms with E-state index in [0.717, 1.165) is 0 Å². The molecular formula is C20H16ClN5O5S. The van der Waals surface area contributed by atoms with Crippen LogP contribution in [0.4, 0.5) is 11.5 Å². The van der Waals surface area contributed by atoms with Gasteiger partial charge in [0.1, 0.15) is 29.5 Å². The van der Waals surface area contributed by atoms with Crippen molar-refractivity contribution in [3.05, 3.63) is 74.9 Å². The van der Waals surface area contributed by atoms with Crippen LogP contribution >= 0.6 is 23.8 Å². The Kier molecular flexibility index (Phi) is 5.93. The predicted octanol–water partition coefficient (Wildman–Crippen LogP) is 3.75. The average molecular weight is 474 g/mol. The van der Waals surface area contributed by atoms with Crippen molar-refractivity contribution < 1.29 is 18.9 Å². The third-order valence-corrected chi connectivity index (χ3v) is 4.99. The number of carbonyl (C=O) groups is 1. The molecule has 1 aromatic carbocycles. The van der Waals surface area contributed by atoms with Crippen LogP contribution < -0.4 is 15.0 Å². The number of amides is 1. The fourth-order valence-corrected chi connectivity index (χ4v) is 3.60. The molecule has 164 valence electrons. The summed E-state index contributed by atoms with van der Waals surface area (Å²) >= 11 is 11.1. The fraction of sp³-hybridized carbons (Fsp3) is 0.150. The van der Waals surface area contributed by atoms with Gasteiger partial charge in [-0.05, 0) is 60.5 Å². The van der Waals surface area contributed by atoms with Crippen molar-refractivity contribution in [3.63, 3.8) is 0 Å². The molecule has 10 nitrogen and oxygen atoms in total. The number of carbonyl (C=O) groups excluding carboxylic acids is 1. The number of thiocarbonyl (C=S) groups is 1. The zero-order valence-electron chi connectivity index (χ0n) is 16.6. The molecule has 1 N–H and O–H groups in total. The van der Waals surface area contributed by atoms with Gasteiger partial charge in [0.05, 0.1) is 23.6 Å². The van der Waals surface area contributed by atoms with Crippen molar-refractivity contribution in [3.8, 4) is 5.75 Å². The van der Waals surface area contributed by atoms with E-state index < -0.39 is 10.7 Å². The molecule has 32 heavy (non-hydrogen) atoms. The fourth-order valence-electron chi connectivity index (χ4n) is 3.08. The van der Waals surface area contributed by atoms with Crippen molar-refractivity contribution in [2.75, 3.05) is 11.5 Å². The van der Waals surface area contributed by atoms with E-state index in [4.69, 9.17) is 33.0 Å². The first-order valence-corrected chi connectivity index (χ1v) is 10.2. The molecule has 1 amide bonds. The number of nitrogens with one attached hydrogen (secondary N) is 1. The zero-order chi connectivity index (χ0) is 22.8. The van der Waals surface area contributed by atoms with Crippen LogP contribution in [0.15, 0.2) is 52.7 Å². The molecule has 0 radical (unpaired) electrons. The molecule has 0 unspecified atom stereocenters. The van der Waals surface area contributed by atoms with Crippen LogP contribution in [0, 0.1) is 10.1 Å². The molecule has 1 saturated heterocycles. The Hall–Kier alpha value is -3.70.